The summed E-state index contributed by atoms with van der Waals surface area (Å²) in [4.78, 5) is 11.1. The van der Waals surface area contributed by atoms with Crippen LogP contribution in [0.5, 0.6) is 5.75 Å². The molecule has 16 heavy (non-hydrogen) atoms. The van der Waals surface area contributed by atoms with Gasteiger partial charge in [-0.2, -0.15) is 0 Å². The number of hydrogen-bond donors (Lipinski definition) is 1. The molecule has 0 aliphatic carbocycles. The van der Waals surface area contributed by atoms with Crippen LogP contribution < -0.4 is 10.1 Å². The minimum absolute atomic E-state index is 0.111. The molecule has 0 bridgehead atoms. The van der Waals surface area contributed by atoms with Gasteiger partial charge in [0.25, 0.3) is 5.91 Å². The summed E-state index contributed by atoms with van der Waals surface area (Å²) in [6.45, 7) is 0.0726. The summed E-state index contributed by atoms with van der Waals surface area (Å²) in [5.74, 6) is 2.48. The van der Waals surface area contributed by atoms with Gasteiger partial charge >= 0.3 is 0 Å². The van der Waals surface area contributed by atoms with E-state index in [9.17, 15) is 4.79 Å². The molecule has 1 amide bonds. The maximum absolute atomic E-state index is 11.1. The summed E-state index contributed by atoms with van der Waals surface area (Å²) in [5, 5.41) is 3.28. The van der Waals surface area contributed by atoms with Crippen LogP contribution in [0.3, 0.4) is 0 Å². The third-order valence-electron chi connectivity index (χ3n) is 1.65. The van der Waals surface area contributed by atoms with Crippen molar-refractivity contribution in [3.05, 3.63) is 28.2 Å². The number of halogens is 2. The van der Waals surface area contributed by atoms with Gasteiger partial charge in [0.15, 0.2) is 6.61 Å². The number of amides is 1. The Hall–Kier alpha value is -1.37. The predicted octanol–water partition coefficient (Wildman–Crippen LogP) is 2.12. The zero-order valence-electron chi connectivity index (χ0n) is 8.30. The number of ether oxygens (including phenoxy) is 1. The average Bonchev–Trinajstić information content (AvgIpc) is 2.28. The lowest BCUT2D eigenvalue weighted by atomic mass is 10.3. The van der Waals surface area contributed by atoms with Crippen molar-refractivity contribution in [1.29, 1.82) is 0 Å². The average molecular weight is 258 g/mol. The summed E-state index contributed by atoms with van der Waals surface area (Å²) < 4.78 is 5.18. The first-order valence-corrected chi connectivity index (χ1v) is 5.17. The molecular formula is C11H9Cl2NO2. The molecule has 84 valence electrons. The third-order valence-corrected chi connectivity index (χ3v) is 2.39. The Balaban J connectivity index is 2.46. The fraction of sp³-hybridized carbons (Fsp3) is 0.182. The van der Waals surface area contributed by atoms with Gasteiger partial charge in [-0.15, -0.1) is 6.42 Å². The lowest BCUT2D eigenvalue weighted by molar-refractivity contribution is -0.122. The van der Waals surface area contributed by atoms with Gasteiger partial charge in [0.05, 0.1) is 16.6 Å². The minimum Gasteiger partial charge on any atom is -0.484 e. The van der Waals surface area contributed by atoms with Gasteiger partial charge in [0.2, 0.25) is 0 Å². The van der Waals surface area contributed by atoms with Crippen molar-refractivity contribution in [2.24, 2.45) is 0 Å². The standard InChI is InChI=1S/C11H9Cl2NO2/c1-2-5-14-11(15)7-16-8-3-4-9(12)10(13)6-8/h1,3-4,6H,5,7H2,(H,14,15). The Morgan fingerprint density at radius 1 is 1.44 bits per heavy atom. The summed E-state index contributed by atoms with van der Waals surface area (Å²) in [6, 6.07) is 4.76. The van der Waals surface area contributed by atoms with Gasteiger partial charge in [-0.1, -0.05) is 29.1 Å². The summed E-state index contributed by atoms with van der Waals surface area (Å²) in [7, 11) is 0. The van der Waals surface area contributed by atoms with Gasteiger partial charge in [0.1, 0.15) is 5.75 Å². The second-order valence-corrected chi connectivity index (χ2v) is 3.66. The molecule has 0 aliphatic heterocycles. The van der Waals surface area contributed by atoms with E-state index in [4.69, 9.17) is 34.4 Å². The van der Waals surface area contributed by atoms with Crippen molar-refractivity contribution in [3.8, 4) is 18.1 Å². The molecule has 1 N–H and O–H groups in total. The lowest BCUT2D eigenvalue weighted by Crippen LogP contribution is -2.28. The Morgan fingerprint density at radius 2 is 2.19 bits per heavy atom. The number of carbonyl (C=O) groups is 1. The van der Waals surface area contributed by atoms with Crippen LogP contribution in [0.1, 0.15) is 0 Å². The highest BCUT2D eigenvalue weighted by molar-refractivity contribution is 6.42. The van der Waals surface area contributed by atoms with Crippen LogP contribution in [0.15, 0.2) is 18.2 Å². The topological polar surface area (TPSA) is 38.3 Å². The number of benzene rings is 1. The molecular weight excluding hydrogens is 249 g/mol. The van der Waals surface area contributed by atoms with Crippen LogP contribution >= 0.6 is 23.2 Å². The van der Waals surface area contributed by atoms with Crippen LogP contribution in [0, 0.1) is 12.3 Å². The second-order valence-electron chi connectivity index (χ2n) is 2.85. The van der Waals surface area contributed by atoms with E-state index in [1.165, 1.54) is 0 Å². The molecule has 0 saturated carbocycles. The van der Waals surface area contributed by atoms with Gasteiger partial charge in [0, 0.05) is 6.07 Å². The van der Waals surface area contributed by atoms with E-state index in [1.807, 2.05) is 0 Å². The largest absolute Gasteiger partial charge is 0.484 e. The Morgan fingerprint density at radius 3 is 2.81 bits per heavy atom. The quantitative estimate of drug-likeness (QED) is 0.840. The smallest absolute Gasteiger partial charge is 0.258 e. The summed E-state index contributed by atoms with van der Waals surface area (Å²) >= 11 is 11.5. The maximum atomic E-state index is 11.1. The van der Waals surface area contributed by atoms with Crippen LogP contribution in [0.2, 0.25) is 10.0 Å². The Labute approximate surface area is 104 Å². The van der Waals surface area contributed by atoms with E-state index < -0.39 is 0 Å². The maximum Gasteiger partial charge on any atom is 0.258 e. The molecule has 0 heterocycles. The lowest BCUT2D eigenvalue weighted by Gasteiger charge is -2.06. The van der Waals surface area contributed by atoms with Crippen molar-refractivity contribution < 1.29 is 9.53 Å². The molecule has 0 aliphatic rings. The molecule has 0 radical (unpaired) electrons. The summed E-state index contributed by atoms with van der Waals surface area (Å²) in [5.41, 5.74) is 0. The van der Waals surface area contributed by atoms with Crippen molar-refractivity contribution in [2.45, 2.75) is 0 Å². The SMILES string of the molecule is C#CCNC(=O)COc1ccc(Cl)c(Cl)c1. The van der Waals surface area contributed by atoms with Gasteiger partial charge in [-0.05, 0) is 12.1 Å². The van der Waals surface area contributed by atoms with Gasteiger partial charge in [-0.25, -0.2) is 0 Å². The molecule has 1 rings (SSSR count). The summed E-state index contributed by atoms with van der Waals surface area (Å²) in [6.07, 6.45) is 4.98. The number of rotatable bonds is 4. The van der Waals surface area contributed by atoms with Crippen molar-refractivity contribution in [3.63, 3.8) is 0 Å². The molecule has 5 heteroatoms. The zero-order chi connectivity index (χ0) is 12.0. The van der Waals surface area contributed by atoms with E-state index in [-0.39, 0.29) is 19.1 Å². The molecule has 0 aromatic heterocycles. The van der Waals surface area contributed by atoms with E-state index >= 15 is 0 Å². The highest BCUT2D eigenvalue weighted by Gasteiger charge is 2.03. The van der Waals surface area contributed by atoms with Crippen LogP contribution in [-0.4, -0.2) is 19.1 Å². The fourth-order valence-corrected chi connectivity index (χ4v) is 1.20. The highest BCUT2D eigenvalue weighted by atomic mass is 35.5. The fourth-order valence-electron chi connectivity index (χ4n) is 0.916. The predicted molar refractivity (Wildman–Crippen MR) is 63.8 cm³/mol. The Kier molecular flexibility index (Phi) is 4.97. The molecule has 3 nitrogen and oxygen atoms in total. The zero-order valence-corrected chi connectivity index (χ0v) is 9.81. The monoisotopic (exact) mass is 257 g/mol. The Bertz CT molecular complexity index is 426. The van der Waals surface area contributed by atoms with Crippen molar-refractivity contribution in [2.75, 3.05) is 13.2 Å². The van der Waals surface area contributed by atoms with Gasteiger partial charge < -0.3 is 10.1 Å². The van der Waals surface area contributed by atoms with Gasteiger partial charge in [-0.3, -0.25) is 4.79 Å². The minimum atomic E-state index is -0.288. The number of terminal acetylenes is 1. The number of hydrogen-bond acceptors (Lipinski definition) is 2. The molecule has 0 fully saturated rings. The molecule has 1 aromatic rings. The highest BCUT2D eigenvalue weighted by Crippen LogP contribution is 2.26. The molecule has 0 unspecified atom stereocenters. The van der Waals surface area contributed by atoms with E-state index in [0.717, 1.165) is 0 Å². The van der Waals surface area contributed by atoms with E-state index in [0.29, 0.717) is 15.8 Å². The third kappa shape index (κ3) is 4.01. The van der Waals surface area contributed by atoms with Crippen LogP contribution in [0.25, 0.3) is 0 Å². The molecule has 1 aromatic carbocycles. The first kappa shape index (κ1) is 12.7. The van der Waals surface area contributed by atoms with E-state index in [2.05, 4.69) is 11.2 Å². The van der Waals surface area contributed by atoms with Crippen LogP contribution in [0.4, 0.5) is 0 Å². The van der Waals surface area contributed by atoms with Crippen molar-refractivity contribution in [1.82, 2.24) is 5.32 Å². The number of carbonyl (C=O) groups excluding carboxylic acids is 1. The van der Waals surface area contributed by atoms with Crippen LogP contribution in [-0.2, 0) is 4.79 Å². The molecule has 0 atom stereocenters. The van der Waals surface area contributed by atoms with E-state index in [1.54, 1.807) is 18.2 Å². The first-order chi connectivity index (χ1) is 7.63. The molecule has 0 spiro atoms. The number of nitrogens with one attached hydrogen (secondary N) is 1. The first-order valence-electron chi connectivity index (χ1n) is 4.41. The second kappa shape index (κ2) is 6.26. The van der Waals surface area contributed by atoms with Crippen molar-refractivity contribution >= 4 is 29.1 Å². The molecule has 0 saturated heterocycles. The normalized spacial score (nSPS) is 9.31.